The van der Waals surface area contributed by atoms with Crippen LogP contribution >= 0.6 is 0 Å². The van der Waals surface area contributed by atoms with Gasteiger partial charge in [0, 0.05) is 0 Å². The number of hydrogen-bond acceptors (Lipinski definition) is 2. The Kier molecular flexibility index (Phi) is 4.23. The molecule has 30 heavy (non-hydrogen) atoms. The van der Waals surface area contributed by atoms with Crippen molar-refractivity contribution in [2.24, 2.45) is 5.73 Å². The Hall–Kier alpha value is -4.09. The van der Waals surface area contributed by atoms with Crippen molar-refractivity contribution >= 4 is 37.9 Å². The van der Waals surface area contributed by atoms with Crippen molar-refractivity contribution in [3.05, 3.63) is 102 Å². The number of allylic oxidation sites excluding steroid dienone is 4. The molecule has 0 bridgehead atoms. The van der Waals surface area contributed by atoms with Crippen molar-refractivity contribution in [2.75, 3.05) is 0 Å². The molecule has 0 spiro atoms. The third-order valence-corrected chi connectivity index (χ3v) is 5.77. The minimum Gasteiger partial charge on any atom is -0.390 e. The van der Waals surface area contributed by atoms with Gasteiger partial charge in [0.15, 0.2) is 0 Å². The molecule has 0 aliphatic heterocycles. The summed E-state index contributed by atoms with van der Waals surface area (Å²) in [6.07, 6.45) is 3.68. The minimum absolute atomic E-state index is 0.208. The van der Waals surface area contributed by atoms with Gasteiger partial charge in [0.2, 0.25) is 0 Å². The van der Waals surface area contributed by atoms with Crippen LogP contribution in [0.4, 0.5) is 0 Å². The van der Waals surface area contributed by atoms with Crippen molar-refractivity contribution in [1.82, 2.24) is 0 Å². The Bertz CT molecular complexity index is 1430. The number of rotatable bonds is 3. The first-order valence-corrected chi connectivity index (χ1v) is 10.00. The van der Waals surface area contributed by atoms with Crippen LogP contribution in [-0.2, 0) is 0 Å². The molecule has 0 radical (unpaired) electrons. The van der Waals surface area contributed by atoms with Crippen LogP contribution in [0.5, 0.6) is 0 Å². The van der Waals surface area contributed by atoms with Gasteiger partial charge in [-0.1, -0.05) is 72.8 Å². The van der Waals surface area contributed by atoms with E-state index in [9.17, 15) is 0 Å². The fourth-order valence-corrected chi connectivity index (χ4v) is 4.31. The lowest BCUT2D eigenvalue weighted by Gasteiger charge is -2.13. The Morgan fingerprint density at radius 1 is 0.767 bits per heavy atom. The van der Waals surface area contributed by atoms with E-state index in [0.717, 1.165) is 16.7 Å². The van der Waals surface area contributed by atoms with Gasteiger partial charge in [0.05, 0.1) is 0 Å². The molecule has 0 saturated carbocycles. The van der Waals surface area contributed by atoms with Gasteiger partial charge in [-0.2, -0.15) is 5.26 Å². The summed E-state index contributed by atoms with van der Waals surface area (Å²) in [5.41, 5.74) is 10.2. The summed E-state index contributed by atoms with van der Waals surface area (Å²) in [5.74, 6) is 0. The van der Waals surface area contributed by atoms with E-state index in [4.69, 9.17) is 11.0 Å². The highest BCUT2D eigenvalue weighted by atomic mass is 14.6. The van der Waals surface area contributed by atoms with Crippen molar-refractivity contribution in [2.45, 2.75) is 6.92 Å². The van der Waals surface area contributed by atoms with E-state index in [1.165, 1.54) is 37.9 Å². The average molecular weight is 384 g/mol. The molecule has 0 amide bonds. The smallest absolute Gasteiger partial charge is 0.117 e. The summed E-state index contributed by atoms with van der Waals surface area (Å²) >= 11 is 0. The molecule has 0 atom stereocenters. The molecule has 0 unspecified atom stereocenters. The maximum Gasteiger partial charge on any atom is 0.117 e. The Labute approximate surface area is 175 Å². The largest absolute Gasteiger partial charge is 0.390 e. The second kappa shape index (κ2) is 7.06. The van der Waals surface area contributed by atoms with Crippen molar-refractivity contribution in [3.8, 4) is 17.2 Å². The average Bonchev–Trinajstić information content (AvgIpc) is 2.80. The second-order valence-corrected chi connectivity index (χ2v) is 7.54. The maximum absolute atomic E-state index is 8.95. The normalized spacial score (nSPS) is 12.7. The summed E-state index contributed by atoms with van der Waals surface area (Å²) < 4.78 is 0. The highest BCUT2D eigenvalue weighted by Crippen LogP contribution is 2.37. The van der Waals surface area contributed by atoms with Crippen LogP contribution in [0, 0.1) is 11.3 Å². The first kappa shape index (κ1) is 18.0. The van der Waals surface area contributed by atoms with Crippen LogP contribution < -0.4 is 5.73 Å². The zero-order valence-corrected chi connectivity index (χ0v) is 16.7. The van der Waals surface area contributed by atoms with Gasteiger partial charge >= 0.3 is 0 Å². The summed E-state index contributed by atoms with van der Waals surface area (Å²) in [6.45, 7) is 1.95. The summed E-state index contributed by atoms with van der Waals surface area (Å²) in [5, 5.41) is 16.7. The van der Waals surface area contributed by atoms with Crippen LogP contribution in [0.3, 0.4) is 0 Å². The van der Waals surface area contributed by atoms with Crippen molar-refractivity contribution in [1.29, 1.82) is 5.26 Å². The molecule has 5 rings (SSSR count). The topological polar surface area (TPSA) is 49.8 Å². The van der Waals surface area contributed by atoms with E-state index in [1.807, 2.05) is 19.1 Å². The molecule has 5 aromatic carbocycles. The first-order valence-electron chi connectivity index (χ1n) is 10.00. The third-order valence-electron chi connectivity index (χ3n) is 5.77. The summed E-state index contributed by atoms with van der Waals surface area (Å²) in [6, 6.07) is 30.3. The summed E-state index contributed by atoms with van der Waals surface area (Å²) in [4.78, 5) is 0. The number of nitrogens with two attached hydrogens (primary N) is 1. The van der Waals surface area contributed by atoms with Crippen LogP contribution in [0.2, 0.25) is 0 Å². The number of hydrogen-bond donors (Lipinski definition) is 1. The highest BCUT2D eigenvalue weighted by molar-refractivity contribution is 6.23. The van der Waals surface area contributed by atoms with Gasteiger partial charge in [0.25, 0.3) is 0 Å². The molecule has 0 aliphatic carbocycles. The lowest BCUT2D eigenvalue weighted by Crippen LogP contribution is -1.94. The van der Waals surface area contributed by atoms with Crippen molar-refractivity contribution < 1.29 is 0 Å². The molecule has 142 valence electrons. The van der Waals surface area contributed by atoms with Crippen LogP contribution in [0.15, 0.2) is 96.7 Å². The van der Waals surface area contributed by atoms with E-state index in [0.29, 0.717) is 0 Å². The molecule has 0 aliphatic rings. The molecule has 0 saturated heterocycles. The monoisotopic (exact) mass is 384 g/mol. The fraction of sp³-hybridized carbons (Fsp3) is 0.0357. The molecule has 2 N–H and O–H groups in total. The molecular formula is C28H20N2. The number of benzene rings is 5. The van der Waals surface area contributed by atoms with Crippen molar-refractivity contribution in [3.63, 3.8) is 0 Å². The molecule has 5 aromatic rings. The quantitative estimate of drug-likeness (QED) is 0.206. The van der Waals surface area contributed by atoms with E-state index >= 15 is 0 Å². The molecule has 0 aromatic heterocycles. The van der Waals surface area contributed by atoms with E-state index < -0.39 is 0 Å². The SMILES string of the molecule is C/C=C(\C=C(/N)C#N)c1ccc(-c2cc3ccc4cccc5ccc(c2)c3c45)cc1. The van der Waals surface area contributed by atoms with Gasteiger partial charge in [-0.3, -0.25) is 0 Å². The summed E-state index contributed by atoms with van der Waals surface area (Å²) in [7, 11) is 0. The van der Waals surface area contributed by atoms with Crippen LogP contribution in [0.25, 0.3) is 49.0 Å². The number of nitrogens with zero attached hydrogens (tertiary/aromatic N) is 1. The molecule has 2 heteroatoms. The highest BCUT2D eigenvalue weighted by Gasteiger charge is 2.10. The predicted molar refractivity (Wildman–Crippen MR) is 127 cm³/mol. The van der Waals surface area contributed by atoms with Gasteiger partial charge < -0.3 is 5.73 Å². The molecule has 2 nitrogen and oxygen atoms in total. The first-order chi connectivity index (χ1) is 14.7. The Morgan fingerprint density at radius 2 is 1.33 bits per heavy atom. The molecular weight excluding hydrogens is 364 g/mol. The lowest BCUT2D eigenvalue weighted by atomic mass is 9.91. The minimum atomic E-state index is 0.208. The molecule has 0 heterocycles. The Morgan fingerprint density at radius 3 is 1.90 bits per heavy atom. The maximum atomic E-state index is 8.95. The van der Waals surface area contributed by atoms with E-state index in [2.05, 4.69) is 78.9 Å². The lowest BCUT2D eigenvalue weighted by molar-refractivity contribution is 1.39. The number of nitriles is 1. The standard InChI is InChI=1S/C28H20N2/c1-2-18(16-26(30)17-29)19-6-8-20(9-7-19)25-14-23-12-10-21-4-3-5-22-11-13-24(15-25)28(23)27(21)22/h2-16H,30H2,1H3/b18-2+,26-16-. The van der Waals surface area contributed by atoms with E-state index in [-0.39, 0.29) is 5.70 Å². The Balaban J connectivity index is 1.62. The van der Waals surface area contributed by atoms with Crippen LogP contribution in [0.1, 0.15) is 12.5 Å². The zero-order valence-electron chi connectivity index (χ0n) is 16.7. The fourth-order valence-electron chi connectivity index (χ4n) is 4.31. The zero-order chi connectivity index (χ0) is 20.7. The van der Waals surface area contributed by atoms with Gasteiger partial charge in [-0.25, -0.2) is 0 Å². The van der Waals surface area contributed by atoms with Gasteiger partial charge in [0.1, 0.15) is 11.8 Å². The third kappa shape index (κ3) is 2.89. The molecule has 0 fully saturated rings. The second-order valence-electron chi connectivity index (χ2n) is 7.54. The predicted octanol–water partition coefficient (Wildman–Crippen LogP) is 7.02. The van der Waals surface area contributed by atoms with Gasteiger partial charge in [-0.05, 0) is 79.7 Å². The van der Waals surface area contributed by atoms with E-state index in [1.54, 1.807) is 6.08 Å². The van der Waals surface area contributed by atoms with Gasteiger partial charge in [-0.15, -0.1) is 0 Å². The van der Waals surface area contributed by atoms with Crippen LogP contribution in [-0.4, -0.2) is 0 Å².